The second-order valence-corrected chi connectivity index (χ2v) is 7.42. The first kappa shape index (κ1) is 15.6. The van der Waals surface area contributed by atoms with E-state index in [0.29, 0.717) is 5.92 Å². The fraction of sp³-hybridized carbons (Fsp3) is 0.600. The Hall–Kier alpha value is -1.28. The maximum atomic E-state index is 10.2. The second-order valence-electron chi connectivity index (χ2n) is 7.42. The van der Waals surface area contributed by atoms with Crippen LogP contribution in [0.4, 0.5) is 0 Å². The Morgan fingerprint density at radius 3 is 2.64 bits per heavy atom. The first-order valence-corrected chi connectivity index (χ1v) is 8.48. The Morgan fingerprint density at radius 1 is 1.27 bits per heavy atom. The zero-order chi connectivity index (χ0) is 16.1. The van der Waals surface area contributed by atoms with E-state index in [4.69, 9.17) is 4.74 Å². The van der Waals surface area contributed by atoms with Gasteiger partial charge in [-0.15, -0.1) is 0 Å². The molecule has 2 heteroatoms. The van der Waals surface area contributed by atoms with E-state index in [1.165, 1.54) is 27.8 Å². The zero-order valence-electron chi connectivity index (χ0n) is 14.5. The lowest BCUT2D eigenvalue weighted by atomic mass is 9.60. The van der Waals surface area contributed by atoms with Crippen LogP contribution >= 0.6 is 0 Å². The molecule has 1 N–H and O–H groups in total. The molecule has 0 saturated carbocycles. The van der Waals surface area contributed by atoms with Gasteiger partial charge < -0.3 is 9.84 Å². The first-order chi connectivity index (χ1) is 10.4. The fourth-order valence-corrected chi connectivity index (χ4v) is 4.56. The number of ether oxygens (including phenoxy) is 1. The zero-order valence-corrected chi connectivity index (χ0v) is 14.5. The summed E-state index contributed by atoms with van der Waals surface area (Å²) in [6.45, 7) is 8.91. The van der Waals surface area contributed by atoms with E-state index in [2.05, 4.69) is 39.8 Å². The minimum Gasteiger partial charge on any atom is -0.496 e. The van der Waals surface area contributed by atoms with Crippen molar-refractivity contribution in [3.63, 3.8) is 0 Å². The molecule has 1 aromatic carbocycles. The van der Waals surface area contributed by atoms with E-state index in [1.807, 2.05) is 0 Å². The summed E-state index contributed by atoms with van der Waals surface area (Å²) in [4.78, 5) is 0. The molecule has 0 radical (unpaired) electrons. The molecule has 22 heavy (non-hydrogen) atoms. The summed E-state index contributed by atoms with van der Waals surface area (Å²) in [6.07, 6.45) is 3.71. The van der Waals surface area contributed by atoms with Crippen LogP contribution in [0, 0.1) is 0 Å². The number of fused-ring (bicyclic) bond motifs is 3. The van der Waals surface area contributed by atoms with Crippen molar-refractivity contribution in [2.75, 3.05) is 7.11 Å². The Kier molecular flexibility index (Phi) is 3.84. The van der Waals surface area contributed by atoms with Crippen molar-refractivity contribution in [3.05, 3.63) is 40.0 Å². The van der Waals surface area contributed by atoms with Crippen LogP contribution in [0.15, 0.2) is 23.3 Å². The highest BCUT2D eigenvalue weighted by Gasteiger charge is 2.42. The molecule has 0 aliphatic heterocycles. The minimum atomic E-state index is -0.249. The molecule has 2 atom stereocenters. The van der Waals surface area contributed by atoms with E-state index >= 15 is 0 Å². The summed E-state index contributed by atoms with van der Waals surface area (Å²) in [5.74, 6) is 1.57. The van der Waals surface area contributed by atoms with Crippen molar-refractivity contribution in [2.24, 2.45) is 0 Å². The molecule has 0 bridgehead atoms. The van der Waals surface area contributed by atoms with Gasteiger partial charge in [-0.1, -0.05) is 38.5 Å². The first-order valence-electron chi connectivity index (χ1n) is 8.48. The van der Waals surface area contributed by atoms with Crippen molar-refractivity contribution in [3.8, 4) is 5.75 Å². The molecule has 0 spiro atoms. The lowest BCUT2D eigenvalue weighted by Crippen LogP contribution is -2.37. The van der Waals surface area contributed by atoms with Gasteiger partial charge >= 0.3 is 0 Å². The van der Waals surface area contributed by atoms with Crippen LogP contribution < -0.4 is 4.74 Å². The predicted octanol–water partition coefficient (Wildman–Crippen LogP) is 4.49. The fourth-order valence-electron chi connectivity index (χ4n) is 4.56. The SMILES string of the molecule is COc1c(C(C)C)ccc2c1CCC1=C(C)C(O)CCC12C. The largest absolute Gasteiger partial charge is 0.496 e. The molecule has 1 aromatic rings. The van der Waals surface area contributed by atoms with Crippen LogP contribution in [-0.4, -0.2) is 18.3 Å². The number of benzene rings is 1. The van der Waals surface area contributed by atoms with Crippen LogP contribution in [0.5, 0.6) is 5.75 Å². The molecule has 3 rings (SSSR count). The van der Waals surface area contributed by atoms with Gasteiger partial charge in [0.05, 0.1) is 13.2 Å². The number of hydrogen-bond acceptors (Lipinski definition) is 2. The van der Waals surface area contributed by atoms with Gasteiger partial charge in [-0.3, -0.25) is 0 Å². The third-order valence-corrected chi connectivity index (χ3v) is 5.90. The number of rotatable bonds is 2. The summed E-state index contributed by atoms with van der Waals surface area (Å²) >= 11 is 0. The second kappa shape index (κ2) is 5.42. The summed E-state index contributed by atoms with van der Waals surface area (Å²) in [5.41, 5.74) is 6.85. The van der Waals surface area contributed by atoms with E-state index in [9.17, 15) is 5.11 Å². The van der Waals surface area contributed by atoms with Gasteiger partial charge in [-0.25, -0.2) is 0 Å². The summed E-state index contributed by atoms with van der Waals surface area (Å²) in [6, 6.07) is 4.56. The van der Waals surface area contributed by atoms with Gasteiger partial charge in [0.2, 0.25) is 0 Å². The van der Waals surface area contributed by atoms with Crippen LogP contribution in [0.25, 0.3) is 0 Å². The van der Waals surface area contributed by atoms with Gasteiger partial charge in [-0.05, 0) is 60.8 Å². The van der Waals surface area contributed by atoms with E-state index < -0.39 is 0 Å². The molecule has 0 fully saturated rings. The standard InChI is InChI=1S/C20H28O2/c1-12(2)14-6-9-17-15(19(14)22-5)7-8-16-13(3)18(21)10-11-20(16,17)4/h6,9,12,18,21H,7-8,10-11H2,1-5H3. The van der Waals surface area contributed by atoms with Crippen molar-refractivity contribution < 1.29 is 9.84 Å². The molecule has 0 aromatic heterocycles. The summed E-state index contributed by atoms with van der Waals surface area (Å²) in [7, 11) is 1.80. The highest BCUT2D eigenvalue weighted by molar-refractivity contribution is 5.56. The quantitative estimate of drug-likeness (QED) is 0.815. The molecule has 0 amide bonds. The van der Waals surface area contributed by atoms with Gasteiger partial charge in [0, 0.05) is 5.41 Å². The lowest BCUT2D eigenvalue weighted by molar-refractivity contribution is 0.169. The van der Waals surface area contributed by atoms with Gasteiger partial charge in [-0.2, -0.15) is 0 Å². The van der Waals surface area contributed by atoms with Crippen LogP contribution in [0.2, 0.25) is 0 Å². The lowest BCUT2D eigenvalue weighted by Gasteiger charge is -2.45. The van der Waals surface area contributed by atoms with E-state index in [-0.39, 0.29) is 11.5 Å². The number of allylic oxidation sites excluding steroid dienone is 1. The molecular weight excluding hydrogens is 272 g/mol. The van der Waals surface area contributed by atoms with Gasteiger partial charge in [0.15, 0.2) is 0 Å². The van der Waals surface area contributed by atoms with E-state index in [1.54, 1.807) is 7.11 Å². The predicted molar refractivity (Wildman–Crippen MR) is 90.7 cm³/mol. The highest BCUT2D eigenvalue weighted by Crippen LogP contribution is 2.52. The molecule has 120 valence electrons. The summed E-state index contributed by atoms with van der Waals surface area (Å²) in [5, 5.41) is 10.2. The van der Waals surface area contributed by atoms with Crippen molar-refractivity contribution in [1.82, 2.24) is 0 Å². The third kappa shape index (κ3) is 2.11. The van der Waals surface area contributed by atoms with Crippen molar-refractivity contribution in [2.45, 2.75) is 70.8 Å². The monoisotopic (exact) mass is 300 g/mol. The number of methoxy groups -OCH3 is 1. The van der Waals surface area contributed by atoms with Gasteiger partial charge in [0.1, 0.15) is 5.75 Å². The average Bonchev–Trinajstić information content (AvgIpc) is 2.50. The smallest absolute Gasteiger partial charge is 0.125 e. The molecule has 0 heterocycles. The number of aliphatic hydroxyl groups is 1. The maximum Gasteiger partial charge on any atom is 0.125 e. The topological polar surface area (TPSA) is 29.5 Å². The molecular formula is C20H28O2. The number of hydrogen-bond donors (Lipinski definition) is 1. The minimum absolute atomic E-state index is 0.0691. The average molecular weight is 300 g/mol. The van der Waals surface area contributed by atoms with Crippen LogP contribution in [-0.2, 0) is 11.8 Å². The molecule has 2 aliphatic rings. The van der Waals surface area contributed by atoms with Gasteiger partial charge in [0.25, 0.3) is 0 Å². The Morgan fingerprint density at radius 2 is 2.00 bits per heavy atom. The van der Waals surface area contributed by atoms with Crippen LogP contribution in [0.1, 0.15) is 69.6 Å². The van der Waals surface area contributed by atoms with E-state index in [0.717, 1.165) is 31.4 Å². The molecule has 2 nitrogen and oxygen atoms in total. The maximum absolute atomic E-state index is 10.2. The Bertz CT molecular complexity index is 627. The third-order valence-electron chi connectivity index (χ3n) is 5.90. The van der Waals surface area contributed by atoms with Crippen molar-refractivity contribution >= 4 is 0 Å². The molecule has 2 aliphatic carbocycles. The molecule has 0 saturated heterocycles. The normalized spacial score (nSPS) is 27.7. The molecule has 2 unspecified atom stereocenters. The highest BCUT2D eigenvalue weighted by atomic mass is 16.5. The number of aliphatic hydroxyl groups excluding tert-OH is 1. The Labute approximate surface area is 134 Å². The summed E-state index contributed by atoms with van der Waals surface area (Å²) < 4.78 is 5.81. The van der Waals surface area contributed by atoms with Crippen molar-refractivity contribution in [1.29, 1.82) is 0 Å². The van der Waals surface area contributed by atoms with Crippen LogP contribution in [0.3, 0.4) is 0 Å². The Balaban J connectivity index is 2.21.